The van der Waals surface area contributed by atoms with Gasteiger partial charge in [0, 0.05) is 45.3 Å². The monoisotopic (exact) mass is 337 g/mol. The zero-order valence-corrected chi connectivity index (χ0v) is 14.3. The lowest BCUT2D eigenvalue weighted by molar-refractivity contribution is -0.0262. The highest BCUT2D eigenvalue weighted by molar-refractivity contribution is 5.20. The Bertz CT molecular complexity index is 598. The summed E-state index contributed by atoms with van der Waals surface area (Å²) in [6.07, 6.45) is 2.60. The number of fused-ring (bicyclic) bond motifs is 1. The largest absolute Gasteiger partial charge is 0.389 e. The third-order valence-electron chi connectivity index (χ3n) is 4.63. The Kier molecular flexibility index (Phi) is 5.99. The van der Waals surface area contributed by atoms with Crippen LogP contribution in [-0.2, 0) is 29.0 Å². The molecule has 0 bridgehead atoms. The molecule has 7 heteroatoms. The van der Waals surface area contributed by atoms with Crippen LogP contribution in [0.5, 0.6) is 0 Å². The number of aryl methyl sites for hydroxylation is 1. The van der Waals surface area contributed by atoms with Gasteiger partial charge in [-0.05, 0) is 25.3 Å². The van der Waals surface area contributed by atoms with Gasteiger partial charge in [-0.1, -0.05) is 0 Å². The number of hydrogen-bond donors (Lipinski definition) is 1. The normalized spacial score (nSPS) is 22.5. The highest BCUT2D eigenvalue weighted by Gasteiger charge is 2.22. The van der Waals surface area contributed by atoms with Crippen LogP contribution < -0.4 is 5.56 Å². The smallest absolute Gasteiger partial charge is 0.267 e. The van der Waals surface area contributed by atoms with Crippen LogP contribution in [0.2, 0.25) is 0 Å². The minimum atomic E-state index is -0.531. The molecule has 0 saturated carbocycles. The van der Waals surface area contributed by atoms with E-state index in [0.29, 0.717) is 32.8 Å². The van der Waals surface area contributed by atoms with E-state index in [0.717, 1.165) is 43.7 Å². The highest BCUT2D eigenvalue weighted by Crippen LogP contribution is 2.16. The van der Waals surface area contributed by atoms with Crippen molar-refractivity contribution >= 4 is 0 Å². The molecule has 2 unspecified atom stereocenters. The number of aliphatic hydroxyl groups is 1. The molecule has 1 N–H and O–H groups in total. The van der Waals surface area contributed by atoms with Crippen LogP contribution in [0.1, 0.15) is 31.0 Å². The lowest BCUT2D eigenvalue weighted by Gasteiger charge is -2.29. The van der Waals surface area contributed by atoms with Crippen molar-refractivity contribution < 1.29 is 14.6 Å². The van der Waals surface area contributed by atoms with Crippen molar-refractivity contribution in [3.63, 3.8) is 0 Å². The van der Waals surface area contributed by atoms with Crippen molar-refractivity contribution in [3.05, 3.63) is 27.7 Å². The third kappa shape index (κ3) is 4.42. The van der Waals surface area contributed by atoms with Crippen molar-refractivity contribution in [2.24, 2.45) is 0 Å². The summed E-state index contributed by atoms with van der Waals surface area (Å²) in [6, 6.07) is 1.68. The fraction of sp³-hybridized carbons (Fsp3) is 0.765. The van der Waals surface area contributed by atoms with E-state index >= 15 is 0 Å². The van der Waals surface area contributed by atoms with E-state index in [1.165, 1.54) is 4.68 Å². The molecule has 1 fully saturated rings. The predicted octanol–water partition coefficient (Wildman–Crippen LogP) is 0.178. The number of ether oxygens (including phenoxy) is 2. The molecule has 134 valence electrons. The molecule has 0 aromatic carbocycles. The standard InChI is InChI=1S/C17H27N3O4/c1-2-20-17(22)8-13-9-19(6-5-16(13)18-20)10-14(21)11-23-12-15-4-3-7-24-15/h8,14-15,21H,2-7,9-12H2,1H3. The number of β-amino-alcohol motifs (C(OH)–C–C–N with tert-alkyl or cyclic N) is 1. The second-order valence-corrected chi connectivity index (χ2v) is 6.58. The molecule has 1 saturated heterocycles. The summed E-state index contributed by atoms with van der Waals surface area (Å²) >= 11 is 0. The fourth-order valence-corrected chi connectivity index (χ4v) is 3.34. The second kappa shape index (κ2) is 8.20. The molecule has 0 spiro atoms. The van der Waals surface area contributed by atoms with E-state index in [-0.39, 0.29) is 11.7 Å². The van der Waals surface area contributed by atoms with Crippen molar-refractivity contribution in [1.82, 2.24) is 14.7 Å². The SMILES string of the molecule is CCn1nc2c(cc1=O)CN(CC(O)COCC1CCCO1)CC2. The van der Waals surface area contributed by atoms with Crippen molar-refractivity contribution in [2.45, 2.75) is 51.5 Å². The van der Waals surface area contributed by atoms with Crippen LogP contribution in [0.25, 0.3) is 0 Å². The average molecular weight is 337 g/mol. The fourth-order valence-electron chi connectivity index (χ4n) is 3.34. The molecule has 7 nitrogen and oxygen atoms in total. The summed E-state index contributed by atoms with van der Waals surface area (Å²) in [6.45, 7) is 6.24. The Morgan fingerprint density at radius 1 is 1.54 bits per heavy atom. The van der Waals surface area contributed by atoms with Gasteiger partial charge in [-0.15, -0.1) is 0 Å². The second-order valence-electron chi connectivity index (χ2n) is 6.58. The van der Waals surface area contributed by atoms with E-state index in [1.807, 2.05) is 6.92 Å². The first-order valence-corrected chi connectivity index (χ1v) is 8.85. The zero-order chi connectivity index (χ0) is 16.9. The summed E-state index contributed by atoms with van der Waals surface area (Å²) < 4.78 is 12.6. The van der Waals surface area contributed by atoms with Gasteiger partial charge in [-0.25, -0.2) is 4.68 Å². The van der Waals surface area contributed by atoms with E-state index in [4.69, 9.17) is 9.47 Å². The minimum Gasteiger partial charge on any atom is -0.389 e. The topological polar surface area (TPSA) is 76.8 Å². The van der Waals surface area contributed by atoms with Gasteiger partial charge < -0.3 is 14.6 Å². The van der Waals surface area contributed by atoms with Crippen LogP contribution in [0, 0.1) is 0 Å². The van der Waals surface area contributed by atoms with Gasteiger partial charge in [-0.2, -0.15) is 5.10 Å². The molecule has 3 heterocycles. The van der Waals surface area contributed by atoms with Crippen LogP contribution in [-0.4, -0.2) is 64.9 Å². The molecule has 0 radical (unpaired) electrons. The van der Waals surface area contributed by atoms with Gasteiger partial charge >= 0.3 is 0 Å². The van der Waals surface area contributed by atoms with Crippen LogP contribution in [0.3, 0.4) is 0 Å². The number of aromatic nitrogens is 2. The lowest BCUT2D eigenvalue weighted by atomic mass is 10.1. The van der Waals surface area contributed by atoms with E-state index < -0.39 is 6.10 Å². The molecule has 2 atom stereocenters. The van der Waals surface area contributed by atoms with Crippen molar-refractivity contribution in [2.75, 3.05) is 32.9 Å². The van der Waals surface area contributed by atoms with Crippen molar-refractivity contribution in [3.8, 4) is 0 Å². The Labute approximate surface area is 142 Å². The maximum Gasteiger partial charge on any atom is 0.267 e. The average Bonchev–Trinajstić information content (AvgIpc) is 3.07. The number of rotatable bonds is 7. The Morgan fingerprint density at radius 2 is 2.42 bits per heavy atom. The predicted molar refractivity (Wildman–Crippen MR) is 89.0 cm³/mol. The van der Waals surface area contributed by atoms with Gasteiger partial charge in [0.15, 0.2) is 0 Å². The Morgan fingerprint density at radius 3 is 3.17 bits per heavy atom. The molecule has 2 aliphatic heterocycles. The maximum absolute atomic E-state index is 11.9. The van der Waals surface area contributed by atoms with Gasteiger partial charge in [0.25, 0.3) is 5.56 Å². The van der Waals surface area contributed by atoms with Gasteiger partial charge in [-0.3, -0.25) is 9.69 Å². The van der Waals surface area contributed by atoms with Crippen LogP contribution in [0.15, 0.2) is 10.9 Å². The summed E-state index contributed by atoms with van der Waals surface area (Å²) in [5.41, 5.74) is 1.92. The maximum atomic E-state index is 11.9. The van der Waals surface area contributed by atoms with E-state index in [1.54, 1.807) is 6.07 Å². The van der Waals surface area contributed by atoms with Gasteiger partial charge in [0.05, 0.1) is 31.1 Å². The van der Waals surface area contributed by atoms with Crippen molar-refractivity contribution in [1.29, 1.82) is 0 Å². The summed E-state index contributed by atoms with van der Waals surface area (Å²) in [5, 5.41) is 14.6. The molecular weight excluding hydrogens is 310 g/mol. The molecule has 1 aromatic heterocycles. The molecule has 0 amide bonds. The molecule has 3 rings (SSSR count). The lowest BCUT2D eigenvalue weighted by Crippen LogP contribution is -2.40. The number of nitrogens with zero attached hydrogens (tertiary/aromatic N) is 3. The molecule has 1 aromatic rings. The summed E-state index contributed by atoms with van der Waals surface area (Å²) in [4.78, 5) is 14.1. The highest BCUT2D eigenvalue weighted by atomic mass is 16.5. The first-order chi connectivity index (χ1) is 11.7. The molecule has 2 aliphatic rings. The molecular formula is C17H27N3O4. The summed E-state index contributed by atoms with van der Waals surface area (Å²) in [5.74, 6) is 0. The number of hydrogen-bond acceptors (Lipinski definition) is 6. The van der Waals surface area contributed by atoms with Gasteiger partial charge in [0.2, 0.25) is 0 Å². The summed E-state index contributed by atoms with van der Waals surface area (Å²) in [7, 11) is 0. The van der Waals surface area contributed by atoms with Crippen LogP contribution >= 0.6 is 0 Å². The van der Waals surface area contributed by atoms with E-state index in [2.05, 4.69) is 10.00 Å². The quantitative estimate of drug-likeness (QED) is 0.765. The zero-order valence-electron chi connectivity index (χ0n) is 14.3. The Hall–Kier alpha value is -1.28. The minimum absolute atomic E-state index is 0.0569. The van der Waals surface area contributed by atoms with E-state index in [9.17, 15) is 9.90 Å². The first-order valence-electron chi connectivity index (χ1n) is 8.85. The first kappa shape index (κ1) is 17.5. The Balaban J connectivity index is 1.46. The molecule has 24 heavy (non-hydrogen) atoms. The van der Waals surface area contributed by atoms with Crippen LogP contribution in [0.4, 0.5) is 0 Å². The van der Waals surface area contributed by atoms with Gasteiger partial charge in [0.1, 0.15) is 0 Å². The number of aliphatic hydroxyl groups excluding tert-OH is 1. The third-order valence-corrected chi connectivity index (χ3v) is 4.63. The molecule has 0 aliphatic carbocycles.